The second kappa shape index (κ2) is 9.70. The van der Waals surface area contributed by atoms with Crippen LogP contribution in [0, 0.1) is 0 Å². The number of hydrogen-bond acceptors (Lipinski definition) is 5. The fraction of sp³-hybridized carbons (Fsp3) is 0.400. The van der Waals surface area contributed by atoms with Crippen molar-refractivity contribution in [2.24, 2.45) is 0 Å². The van der Waals surface area contributed by atoms with Gasteiger partial charge in [-0.3, -0.25) is 4.79 Å². The van der Waals surface area contributed by atoms with Crippen molar-refractivity contribution in [3.05, 3.63) is 0 Å². The average molecular weight is 194 g/mol. The largest absolute Gasteiger partial charge is 1.00 e. The summed E-state index contributed by atoms with van der Waals surface area (Å²) in [5.41, 5.74) is 0. The molecule has 5 nitrogen and oxygen atoms in total. The molecule has 0 amide bonds. The van der Waals surface area contributed by atoms with Gasteiger partial charge in [-0.15, -0.1) is 0 Å². The van der Waals surface area contributed by atoms with Crippen molar-refractivity contribution in [1.82, 2.24) is 0 Å². The van der Waals surface area contributed by atoms with E-state index in [1.807, 2.05) is 0 Å². The molecule has 0 N–H and O–H groups in total. The summed E-state index contributed by atoms with van der Waals surface area (Å²) >= 11 is 0. The topological polar surface area (TPSA) is 97.3 Å². The first-order valence-corrected chi connectivity index (χ1v) is 2.48. The second-order valence-electron chi connectivity index (χ2n) is 1.58. The van der Waals surface area contributed by atoms with Crippen LogP contribution in [0.15, 0.2) is 0 Å². The second-order valence-corrected chi connectivity index (χ2v) is 1.58. The molecule has 0 aliphatic rings. The Morgan fingerprint density at radius 3 is 1.58 bits per heavy atom. The van der Waals surface area contributed by atoms with Crippen molar-refractivity contribution in [3.8, 4) is 0 Å². The van der Waals surface area contributed by atoms with Crippen LogP contribution in [0.5, 0.6) is 0 Å². The molecule has 0 aliphatic carbocycles. The first-order valence-electron chi connectivity index (χ1n) is 2.48. The minimum Gasteiger partial charge on any atom is -0.550 e. The zero-order valence-corrected chi connectivity index (χ0v) is 11.0. The molecule has 0 unspecified atom stereocenters. The number of ketones is 1. The molecule has 0 aliphatic heterocycles. The van der Waals surface area contributed by atoms with Gasteiger partial charge in [-0.25, -0.2) is 0 Å². The van der Waals surface area contributed by atoms with Crippen LogP contribution in [0.4, 0.5) is 0 Å². The Morgan fingerprint density at radius 2 is 1.33 bits per heavy atom. The van der Waals surface area contributed by atoms with Gasteiger partial charge in [-0.1, -0.05) is 0 Å². The number of carboxylic acids is 2. The van der Waals surface area contributed by atoms with E-state index in [2.05, 4.69) is 0 Å². The predicted molar refractivity (Wildman–Crippen MR) is 24.3 cm³/mol. The van der Waals surface area contributed by atoms with Crippen molar-refractivity contribution in [3.63, 3.8) is 0 Å². The summed E-state index contributed by atoms with van der Waals surface area (Å²) in [7, 11) is 0. The van der Waals surface area contributed by atoms with E-state index in [0.717, 1.165) is 0 Å². The van der Waals surface area contributed by atoms with Crippen molar-refractivity contribution >= 4 is 17.7 Å². The Balaban J connectivity index is -0.000000405. The number of carbonyl (C=O) groups excluding carboxylic acids is 3. The molecule has 0 atom stereocenters. The minimum atomic E-state index is -1.86. The van der Waals surface area contributed by atoms with Gasteiger partial charge in [0.25, 0.3) is 0 Å². The number of carbonyl (C=O) groups is 3. The first-order chi connectivity index (χ1) is 4.54. The summed E-state index contributed by atoms with van der Waals surface area (Å²) in [6.45, 7) is 0. The van der Waals surface area contributed by atoms with Gasteiger partial charge in [0.2, 0.25) is 0 Å². The Labute approximate surface area is 113 Å². The van der Waals surface area contributed by atoms with Gasteiger partial charge in [0.1, 0.15) is 5.97 Å². The Morgan fingerprint density at radius 1 is 0.917 bits per heavy atom. The summed E-state index contributed by atoms with van der Waals surface area (Å²) in [5.74, 6) is -4.53. The molecule has 0 heterocycles. The molecular formula is C5H4Na2O5. The maximum absolute atomic E-state index is 10.1. The fourth-order valence-corrected chi connectivity index (χ4v) is 0.318. The van der Waals surface area contributed by atoms with E-state index in [9.17, 15) is 24.6 Å². The molecule has 0 aromatic rings. The third-order valence-corrected chi connectivity index (χ3v) is 0.784. The molecule has 7 heteroatoms. The van der Waals surface area contributed by atoms with E-state index in [0.29, 0.717) is 0 Å². The predicted octanol–water partition coefficient (Wildman–Crippen LogP) is -9.16. The van der Waals surface area contributed by atoms with Gasteiger partial charge < -0.3 is 19.8 Å². The third kappa shape index (κ3) is 10.6. The summed E-state index contributed by atoms with van der Waals surface area (Å²) in [6.07, 6.45) is -1.14. The van der Waals surface area contributed by atoms with Gasteiger partial charge in [0.05, 0.1) is 0 Å². The molecule has 0 aromatic heterocycles. The normalized spacial score (nSPS) is 7.33. The van der Waals surface area contributed by atoms with Gasteiger partial charge in [0, 0.05) is 12.4 Å². The van der Waals surface area contributed by atoms with Crippen LogP contribution in [0.1, 0.15) is 12.8 Å². The van der Waals surface area contributed by atoms with Crippen LogP contribution in [-0.4, -0.2) is 17.7 Å². The number of Topliss-reactive ketones (excluding diaryl/α,β-unsaturated/α-hetero) is 1. The molecule has 56 valence electrons. The molecule has 0 rings (SSSR count). The van der Waals surface area contributed by atoms with Crippen molar-refractivity contribution in [2.45, 2.75) is 12.8 Å². The fourth-order valence-electron chi connectivity index (χ4n) is 0.318. The van der Waals surface area contributed by atoms with Crippen LogP contribution >= 0.6 is 0 Å². The van der Waals surface area contributed by atoms with Crippen molar-refractivity contribution < 1.29 is 83.7 Å². The van der Waals surface area contributed by atoms with Crippen LogP contribution in [0.2, 0.25) is 0 Å². The Bertz CT molecular complexity index is 179. The Hall–Kier alpha value is 0.610. The van der Waals surface area contributed by atoms with E-state index in [1.165, 1.54) is 0 Å². The van der Waals surface area contributed by atoms with Crippen LogP contribution in [0.25, 0.3) is 0 Å². The number of aliphatic carboxylic acids is 2. The van der Waals surface area contributed by atoms with Crippen molar-refractivity contribution in [1.29, 1.82) is 0 Å². The van der Waals surface area contributed by atoms with Crippen LogP contribution in [0.3, 0.4) is 0 Å². The van der Waals surface area contributed by atoms with Gasteiger partial charge in [-0.05, 0) is 6.42 Å². The van der Waals surface area contributed by atoms with E-state index < -0.39 is 30.6 Å². The van der Waals surface area contributed by atoms with Gasteiger partial charge >= 0.3 is 59.1 Å². The smallest absolute Gasteiger partial charge is 0.550 e. The molecule has 0 saturated carbocycles. The molecular weight excluding hydrogens is 190 g/mol. The zero-order chi connectivity index (χ0) is 8.15. The summed E-state index contributed by atoms with van der Waals surface area (Å²) < 4.78 is 0. The zero-order valence-electron chi connectivity index (χ0n) is 6.96. The summed E-state index contributed by atoms with van der Waals surface area (Å²) in [4.78, 5) is 29.4. The SMILES string of the molecule is O=C([O-])[13C](=O)[13CH2][13CH2][13C](=O)[O-].[Na+].[Na+]. The van der Waals surface area contributed by atoms with E-state index in [4.69, 9.17) is 0 Å². The van der Waals surface area contributed by atoms with Gasteiger partial charge in [0.15, 0.2) is 5.78 Å². The number of carboxylic acid groups (broad SMARTS) is 2. The molecule has 0 radical (unpaired) electrons. The van der Waals surface area contributed by atoms with Gasteiger partial charge in [-0.2, -0.15) is 0 Å². The van der Waals surface area contributed by atoms with E-state index in [1.54, 1.807) is 0 Å². The quantitative estimate of drug-likeness (QED) is 0.251. The standard InChI is InChI=1S/C5H6O5.2Na/c6-3(5(9)10)1-2-4(7)8;;/h1-2H2,(H,7,8)(H,9,10);;/q;2*+1/p-2/i1+1,2+1,3+1,4+1;;. The maximum Gasteiger partial charge on any atom is 1.00 e. The maximum atomic E-state index is 10.1. The Kier molecular flexibility index (Phi) is 14.9. The van der Waals surface area contributed by atoms with Crippen LogP contribution in [-0.2, 0) is 14.4 Å². The number of hydrogen-bond donors (Lipinski definition) is 0. The molecule has 0 saturated heterocycles. The van der Waals surface area contributed by atoms with Crippen molar-refractivity contribution in [2.75, 3.05) is 0 Å². The molecule has 0 fully saturated rings. The minimum absolute atomic E-state index is 0. The van der Waals surface area contributed by atoms with E-state index in [-0.39, 0.29) is 59.1 Å². The van der Waals surface area contributed by atoms with E-state index >= 15 is 0 Å². The first kappa shape index (κ1) is 18.4. The molecule has 0 spiro atoms. The summed E-state index contributed by atoms with van der Waals surface area (Å²) in [5, 5.41) is 19.3. The average Bonchev–Trinajstić information content (AvgIpc) is 1.82. The number of rotatable bonds is 4. The molecule has 0 bridgehead atoms. The monoisotopic (exact) mass is 194 g/mol. The molecule has 12 heavy (non-hydrogen) atoms. The third-order valence-electron chi connectivity index (χ3n) is 0.784. The van der Waals surface area contributed by atoms with Crippen LogP contribution < -0.4 is 69.3 Å². The molecule has 0 aromatic carbocycles. The summed E-state index contributed by atoms with van der Waals surface area (Å²) in [6, 6.07) is 0.